The summed E-state index contributed by atoms with van der Waals surface area (Å²) in [5.41, 5.74) is 5.93. The second-order valence-electron chi connectivity index (χ2n) is 8.07. The van der Waals surface area contributed by atoms with Crippen molar-refractivity contribution in [3.05, 3.63) is 88.2 Å². The number of para-hydroxylation sites is 2. The van der Waals surface area contributed by atoms with Gasteiger partial charge in [-0.15, -0.1) is 0 Å². The van der Waals surface area contributed by atoms with Crippen molar-refractivity contribution in [2.24, 2.45) is 10.1 Å². The predicted molar refractivity (Wildman–Crippen MR) is 137 cm³/mol. The molecule has 0 saturated heterocycles. The van der Waals surface area contributed by atoms with Gasteiger partial charge in [0, 0.05) is 17.0 Å². The van der Waals surface area contributed by atoms with Gasteiger partial charge < -0.3 is 9.30 Å². The Bertz CT molecular complexity index is 1450. The van der Waals surface area contributed by atoms with Crippen LogP contribution >= 0.6 is 11.8 Å². The largest absolute Gasteiger partial charge is 0.495 e. The number of aryl methyl sites for hydroxylation is 2. The first-order valence-corrected chi connectivity index (χ1v) is 11.6. The molecule has 0 aliphatic carbocycles. The Morgan fingerprint density at radius 2 is 1.79 bits per heavy atom. The van der Waals surface area contributed by atoms with E-state index in [1.807, 2.05) is 75.4 Å². The molecular weight excluding hydrogens is 446 g/mol. The zero-order valence-corrected chi connectivity index (χ0v) is 20.1. The SMILES string of the molecule is COc1ccccc1-n1c(C)cc(C=C2C(=N)N3N=C(c4ccccc4C)SC3=NC2=O)c1C. The minimum Gasteiger partial charge on any atom is -0.495 e. The van der Waals surface area contributed by atoms with E-state index in [4.69, 9.17) is 10.1 Å². The Hall–Kier alpha value is -3.91. The Morgan fingerprint density at radius 1 is 1.06 bits per heavy atom. The number of thioether (sulfide) groups is 1. The lowest BCUT2D eigenvalue weighted by Crippen LogP contribution is -2.35. The standard InChI is InChI=1S/C26H23N5O2S/c1-15-9-5-6-10-19(15)25-29-31-23(27)20(24(32)28-26(31)34-25)14-18-13-16(2)30(17(18)3)21-11-7-8-12-22(21)33-4/h5-14,27H,1-4H3. The molecule has 3 aromatic rings. The zero-order chi connectivity index (χ0) is 24.0. The van der Waals surface area contributed by atoms with Crippen molar-refractivity contribution in [1.29, 1.82) is 5.41 Å². The van der Waals surface area contributed by atoms with Crippen molar-refractivity contribution in [2.75, 3.05) is 7.11 Å². The molecule has 2 aromatic carbocycles. The summed E-state index contributed by atoms with van der Waals surface area (Å²) in [6.45, 7) is 6.00. The zero-order valence-electron chi connectivity index (χ0n) is 19.3. The molecule has 0 spiro atoms. The first-order chi connectivity index (χ1) is 16.4. The van der Waals surface area contributed by atoms with Crippen LogP contribution < -0.4 is 4.74 Å². The third-order valence-corrected chi connectivity index (χ3v) is 6.87. The van der Waals surface area contributed by atoms with Crippen LogP contribution in [0.4, 0.5) is 0 Å². The maximum absolute atomic E-state index is 12.9. The van der Waals surface area contributed by atoms with Gasteiger partial charge in [-0.3, -0.25) is 10.2 Å². The number of nitrogens with one attached hydrogen (secondary N) is 1. The van der Waals surface area contributed by atoms with Crippen molar-refractivity contribution in [1.82, 2.24) is 9.58 Å². The number of amides is 1. The average molecular weight is 470 g/mol. The number of methoxy groups -OCH3 is 1. The number of benzene rings is 2. The van der Waals surface area contributed by atoms with Gasteiger partial charge in [-0.2, -0.15) is 15.1 Å². The van der Waals surface area contributed by atoms with Crippen molar-refractivity contribution in [3.63, 3.8) is 0 Å². The highest BCUT2D eigenvalue weighted by Gasteiger charge is 2.36. The van der Waals surface area contributed by atoms with Gasteiger partial charge in [0.2, 0.25) is 5.17 Å². The van der Waals surface area contributed by atoms with E-state index in [2.05, 4.69) is 14.7 Å². The Morgan fingerprint density at radius 3 is 2.56 bits per heavy atom. The Labute approximate surface area is 202 Å². The molecule has 170 valence electrons. The average Bonchev–Trinajstić information content (AvgIpc) is 3.37. The van der Waals surface area contributed by atoms with Gasteiger partial charge in [0.05, 0.1) is 18.4 Å². The van der Waals surface area contributed by atoms with Crippen LogP contribution in [-0.4, -0.2) is 38.6 Å². The third-order valence-electron chi connectivity index (χ3n) is 5.93. The number of fused-ring (bicyclic) bond motifs is 1. The molecule has 0 radical (unpaired) electrons. The van der Waals surface area contributed by atoms with E-state index in [1.54, 1.807) is 13.2 Å². The van der Waals surface area contributed by atoms with Crippen LogP contribution in [0.1, 0.15) is 28.1 Å². The lowest BCUT2D eigenvalue weighted by atomic mass is 10.1. The van der Waals surface area contributed by atoms with Crippen LogP contribution in [-0.2, 0) is 4.79 Å². The molecule has 1 N–H and O–H groups in total. The molecule has 2 aliphatic heterocycles. The maximum atomic E-state index is 12.9. The Balaban J connectivity index is 1.53. The summed E-state index contributed by atoms with van der Waals surface area (Å²) >= 11 is 1.31. The summed E-state index contributed by atoms with van der Waals surface area (Å²) in [7, 11) is 1.65. The van der Waals surface area contributed by atoms with E-state index in [0.29, 0.717) is 5.17 Å². The number of nitrogens with zero attached hydrogens (tertiary/aromatic N) is 4. The van der Waals surface area contributed by atoms with E-state index in [0.717, 1.165) is 44.6 Å². The molecule has 0 saturated carbocycles. The minimum atomic E-state index is -0.438. The second-order valence-corrected chi connectivity index (χ2v) is 9.03. The molecule has 0 fully saturated rings. The summed E-state index contributed by atoms with van der Waals surface area (Å²) in [4.78, 5) is 17.2. The lowest BCUT2D eigenvalue weighted by Gasteiger charge is -2.20. The quantitative estimate of drug-likeness (QED) is 0.540. The molecule has 2 aliphatic rings. The van der Waals surface area contributed by atoms with Gasteiger partial charge in [-0.1, -0.05) is 36.4 Å². The summed E-state index contributed by atoms with van der Waals surface area (Å²) in [5.74, 6) is 0.339. The van der Waals surface area contributed by atoms with Crippen LogP contribution in [0.2, 0.25) is 0 Å². The summed E-state index contributed by atoms with van der Waals surface area (Å²) in [5, 5.41) is 15.9. The third kappa shape index (κ3) is 3.56. The van der Waals surface area contributed by atoms with Gasteiger partial charge >= 0.3 is 0 Å². The van der Waals surface area contributed by atoms with Crippen molar-refractivity contribution in [3.8, 4) is 11.4 Å². The highest BCUT2D eigenvalue weighted by Crippen LogP contribution is 2.33. The smallest absolute Gasteiger partial charge is 0.283 e. The number of hydrogen-bond donors (Lipinski definition) is 1. The fourth-order valence-corrected chi connectivity index (χ4v) is 5.17. The minimum absolute atomic E-state index is 0.0215. The number of carbonyl (C=O) groups excluding carboxylic acids is 1. The van der Waals surface area contributed by atoms with E-state index in [1.165, 1.54) is 16.8 Å². The normalized spacial score (nSPS) is 16.6. The van der Waals surface area contributed by atoms with E-state index in [9.17, 15) is 4.79 Å². The molecule has 1 aromatic heterocycles. The van der Waals surface area contributed by atoms with Crippen LogP contribution in [0.3, 0.4) is 0 Å². The van der Waals surface area contributed by atoms with Crippen molar-refractivity contribution >= 4 is 39.8 Å². The van der Waals surface area contributed by atoms with Crippen LogP contribution in [0.15, 0.2) is 70.3 Å². The second kappa shape index (κ2) is 8.46. The van der Waals surface area contributed by atoms with Crippen molar-refractivity contribution < 1.29 is 9.53 Å². The number of amidine groups is 2. The van der Waals surface area contributed by atoms with Gasteiger partial charge in [0.1, 0.15) is 10.8 Å². The topological polar surface area (TPSA) is 83.0 Å². The van der Waals surface area contributed by atoms with Crippen LogP contribution in [0.5, 0.6) is 5.75 Å². The molecule has 8 heteroatoms. The number of carbonyl (C=O) groups is 1. The van der Waals surface area contributed by atoms with Crippen LogP contribution in [0.25, 0.3) is 11.8 Å². The Kier molecular flexibility index (Phi) is 5.45. The van der Waals surface area contributed by atoms with E-state index in [-0.39, 0.29) is 11.4 Å². The predicted octanol–water partition coefficient (Wildman–Crippen LogP) is 5.08. The first kappa shape index (κ1) is 21.9. The number of aromatic nitrogens is 1. The maximum Gasteiger partial charge on any atom is 0.283 e. The number of hydrogen-bond acceptors (Lipinski definition) is 5. The highest BCUT2D eigenvalue weighted by atomic mass is 32.2. The van der Waals surface area contributed by atoms with E-state index < -0.39 is 5.91 Å². The molecule has 0 unspecified atom stereocenters. The monoisotopic (exact) mass is 469 g/mol. The molecule has 0 bridgehead atoms. The van der Waals surface area contributed by atoms with Gasteiger partial charge in [0.25, 0.3) is 5.91 Å². The van der Waals surface area contributed by atoms with Crippen molar-refractivity contribution in [2.45, 2.75) is 20.8 Å². The highest BCUT2D eigenvalue weighted by molar-refractivity contribution is 8.27. The van der Waals surface area contributed by atoms with Gasteiger partial charge in [-0.25, -0.2) is 0 Å². The number of rotatable bonds is 4. The van der Waals surface area contributed by atoms with E-state index >= 15 is 0 Å². The fraction of sp³-hybridized carbons (Fsp3) is 0.154. The lowest BCUT2D eigenvalue weighted by molar-refractivity contribution is -0.114. The molecule has 1 amide bonds. The fourth-order valence-electron chi connectivity index (χ4n) is 4.19. The van der Waals surface area contributed by atoms with Gasteiger partial charge in [-0.05, 0) is 67.9 Å². The van der Waals surface area contributed by atoms with Crippen LogP contribution in [0, 0.1) is 26.2 Å². The molecule has 34 heavy (non-hydrogen) atoms. The molecular formula is C26H23N5O2S. The first-order valence-electron chi connectivity index (χ1n) is 10.8. The number of aliphatic imine (C=N–C) groups is 1. The molecule has 5 rings (SSSR count). The molecule has 0 atom stereocenters. The van der Waals surface area contributed by atoms with Gasteiger partial charge in [0.15, 0.2) is 5.84 Å². The molecule has 7 nitrogen and oxygen atoms in total. The molecule has 3 heterocycles. The summed E-state index contributed by atoms with van der Waals surface area (Å²) < 4.78 is 7.62. The summed E-state index contributed by atoms with van der Waals surface area (Å²) in [6.07, 6.45) is 1.73. The number of ether oxygens (including phenoxy) is 1. The number of hydrazone groups is 1. The summed E-state index contributed by atoms with van der Waals surface area (Å²) in [6, 6.07) is 17.7.